The third kappa shape index (κ3) is 2.82. The minimum absolute atomic E-state index is 0.154. The van der Waals surface area contributed by atoms with Gasteiger partial charge in [0, 0.05) is 6.07 Å². The second-order valence-electron chi connectivity index (χ2n) is 4.21. The van der Waals surface area contributed by atoms with Crippen LogP contribution in [0.3, 0.4) is 0 Å². The van der Waals surface area contributed by atoms with Crippen LogP contribution in [-0.2, 0) is 0 Å². The van der Waals surface area contributed by atoms with Gasteiger partial charge >= 0.3 is 0 Å². The van der Waals surface area contributed by atoms with E-state index in [1.807, 2.05) is 13.0 Å². The number of phenolic OH excluding ortho intramolecular Hbond substituents is 1. The zero-order chi connectivity index (χ0) is 14.0. The number of benzene rings is 2. The molecule has 0 radical (unpaired) electrons. The monoisotopic (exact) mass is 260 g/mol. The third-order valence-electron chi connectivity index (χ3n) is 2.65. The van der Waals surface area contributed by atoms with Crippen LogP contribution in [0.4, 0.5) is 15.8 Å². The molecule has 0 unspecified atom stereocenters. The Morgan fingerprint density at radius 3 is 2.68 bits per heavy atom. The maximum atomic E-state index is 13.5. The highest BCUT2D eigenvalue weighted by Crippen LogP contribution is 2.22. The maximum Gasteiger partial charge on any atom is 0.258 e. The molecule has 0 bridgehead atoms. The Labute approximate surface area is 109 Å². The lowest BCUT2D eigenvalue weighted by Crippen LogP contribution is -2.14. The number of aryl methyl sites for hydroxylation is 1. The Balaban J connectivity index is 2.28. The summed E-state index contributed by atoms with van der Waals surface area (Å²) < 4.78 is 13.5. The topological polar surface area (TPSA) is 75.3 Å². The van der Waals surface area contributed by atoms with Crippen LogP contribution in [0.5, 0.6) is 5.75 Å². The van der Waals surface area contributed by atoms with Gasteiger partial charge in [0.15, 0.2) is 0 Å². The van der Waals surface area contributed by atoms with Crippen molar-refractivity contribution in [2.75, 3.05) is 11.1 Å². The van der Waals surface area contributed by atoms with Gasteiger partial charge in [-0.05, 0) is 36.8 Å². The molecule has 0 aromatic heterocycles. The summed E-state index contributed by atoms with van der Waals surface area (Å²) >= 11 is 0. The number of anilines is 2. The number of hydrogen-bond donors (Lipinski definition) is 3. The molecule has 0 aliphatic rings. The fourth-order valence-corrected chi connectivity index (χ4v) is 1.66. The SMILES string of the molecule is Cc1ccc(N)c(NC(=O)c2ccc(O)cc2F)c1. The summed E-state index contributed by atoms with van der Waals surface area (Å²) in [7, 11) is 0. The van der Waals surface area contributed by atoms with Crippen molar-refractivity contribution >= 4 is 17.3 Å². The van der Waals surface area contributed by atoms with Crippen LogP contribution in [0.1, 0.15) is 15.9 Å². The highest BCUT2D eigenvalue weighted by atomic mass is 19.1. The minimum atomic E-state index is -0.788. The first-order chi connectivity index (χ1) is 8.97. The molecule has 0 aliphatic carbocycles. The quantitative estimate of drug-likeness (QED) is 0.727. The van der Waals surface area contributed by atoms with E-state index in [9.17, 15) is 9.18 Å². The molecular formula is C14H13FN2O2. The Morgan fingerprint density at radius 2 is 2.00 bits per heavy atom. The second kappa shape index (κ2) is 4.97. The van der Waals surface area contributed by atoms with E-state index < -0.39 is 11.7 Å². The Bertz CT molecular complexity index is 641. The van der Waals surface area contributed by atoms with E-state index in [0.29, 0.717) is 11.4 Å². The van der Waals surface area contributed by atoms with E-state index in [1.165, 1.54) is 12.1 Å². The number of halogens is 1. The predicted octanol–water partition coefficient (Wildman–Crippen LogP) is 2.67. The molecule has 2 aromatic carbocycles. The molecule has 0 saturated heterocycles. The van der Waals surface area contributed by atoms with Crippen LogP contribution >= 0.6 is 0 Å². The van der Waals surface area contributed by atoms with E-state index >= 15 is 0 Å². The zero-order valence-corrected chi connectivity index (χ0v) is 10.3. The number of amides is 1. The van der Waals surface area contributed by atoms with Gasteiger partial charge in [-0.15, -0.1) is 0 Å². The van der Waals surface area contributed by atoms with Crippen LogP contribution in [0.15, 0.2) is 36.4 Å². The van der Waals surface area contributed by atoms with Gasteiger partial charge < -0.3 is 16.2 Å². The Hall–Kier alpha value is -2.56. The summed E-state index contributed by atoms with van der Waals surface area (Å²) in [6.45, 7) is 1.86. The third-order valence-corrected chi connectivity index (χ3v) is 2.65. The van der Waals surface area contributed by atoms with E-state index in [4.69, 9.17) is 10.8 Å². The first-order valence-corrected chi connectivity index (χ1v) is 5.63. The lowest BCUT2D eigenvalue weighted by atomic mass is 10.1. The number of carbonyl (C=O) groups is 1. The van der Waals surface area contributed by atoms with Crippen molar-refractivity contribution in [3.05, 3.63) is 53.3 Å². The van der Waals surface area contributed by atoms with Crippen LogP contribution in [0.25, 0.3) is 0 Å². The van der Waals surface area contributed by atoms with Crippen molar-refractivity contribution in [1.29, 1.82) is 0 Å². The summed E-state index contributed by atoms with van der Waals surface area (Å²) in [6, 6.07) is 8.52. The number of hydrogen-bond acceptors (Lipinski definition) is 3. The average molecular weight is 260 g/mol. The van der Waals surface area contributed by atoms with Crippen molar-refractivity contribution < 1.29 is 14.3 Å². The van der Waals surface area contributed by atoms with Crippen LogP contribution in [0.2, 0.25) is 0 Å². The summed E-state index contributed by atoms with van der Waals surface area (Å²) in [5.41, 5.74) is 7.33. The molecule has 0 aliphatic heterocycles. The first kappa shape index (κ1) is 12.9. The van der Waals surface area contributed by atoms with Gasteiger partial charge in [-0.2, -0.15) is 0 Å². The largest absolute Gasteiger partial charge is 0.508 e. The minimum Gasteiger partial charge on any atom is -0.508 e. The predicted molar refractivity (Wildman–Crippen MR) is 71.6 cm³/mol. The molecule has 0 atom stereocenters. The molecule has 0 heterocycles. The molecule has 0 fully saturated rings. The number of nitrogen functional groups attached to an aromatic ring is 1. The van der Waals surface area contributed by atoms with Crippen LogP contribution < -0.4 is 11.1 Å². The number of nitrogens with two attached hydrogens (primary N) is 1. The first-order valence-electron chi connectivity index (χ1n) is 5.63. The van der Waals surface area contributed by atoms with Crippen molar-refractivity contribution in [2.45, 2.75) is 6.92 Å². The van der Waals surface area contributed by atoms with Gasteiger partial charge in [0.1, 0.15) is 11.6 Å². The maximum absolute atomic E-state index is 13.5. The number of carbonyl (C=O) groups excluding carboxylic acids is 1. The van der Waals surface area contributed by atoms with Crippen LogP contribution in [0, 0.1) is 12.7 Å². The van der Waals surface area contributed by atoms with E-state index in [1.54, 1.807) is 12.1 Å². The van der Waals surface area contributed by atoms with E-state index in [2.05, 4.69) is 5.32 Å². The van der Waals surface area contributed by atoms with E-state index in [-0.39, 0.29) is 11.3 Å². The summed E-state index contributed by atoms with van der Waals surface area (Å²) in [5, 5.41) is 11.6. The molecule has 98 valence electrons. The van der Waals surface area contributed by atoms with Gasteiger partial charge in [-0.3, -0.25) is 4.79 Å². The molecule has 0 saturated carbocycles. The highest BCUT2D eigenvalue weighted by molar-refractivity contribution is 6.06. The zero-order valence-electron chi connectivity index (χ0n) is 10.3. The van der Waals surface area contributed by atoms with Crippen LogP contribution in [-0.4, -0.2) is 11.0 Å². The smallest absolute Gasteiger partial charge is 0.258 e. The lowest BCUT2D eigenvalue weighted by Gasteiger charge is -2.09. The van der Waals surface area contributed by atoms with E-state index in [0.717, 1.165) is 11.6 Å². The molecule has 2 rings (SSSR count). The van der Waals surface area contributed by atoms with Crippen molar-refractivity contribution in [3.8, 4) is 5.75 Å². The fraction of sp³-hybridized carbons (Fsp3) is 0.0714. The second-order valence-corrected chi connectivity index (χ2v) is 4.21. The van der Waals surface area contributed by atoms with Gasteiger partial charge in [-0.25, -0.2) is 4.39 Å². The molecule has 0 spiro atoms. The molecular weight excluding hydrogens is 247 g/mol. The molecule has 1 amide bonds. The lowest BCUT2D eigenvalue weighted by molar-refractivity contribution is 0.102. The number of phenols is 1. The number of rotatable bonds is 2. The molecule has 5 heteroatoms. The standard InChI is InChI=1S/C14H13FN2O2/c1-8-2-5-12(16)13(6-8)17-14(19)10-4-3-9(18)7-11(10)15/h2-7,18H,16H2,1H3,(H,17,19). The van der Waals surface area contributed by atoms with Crippen molar-refractivity contribution in [2.24, 2.45) is 0 Å². The van der Waals surface area contributed by atoms with Gasteiger partial charge in [-0.1, -0.05) is 6.07 Å². The average Bonchev–Trinajstić information content (AvgIpc) is 2.33. The van der Waals surface area contributed by atoms with Crippen molar-refractivity contribution in [1.82, 2.24) is 0 Å². The molecule has 2 aromatic rings. The summed E-state index contributed by atoms with van der Waals surface area (Å²) in [6.07, 6.45) is 0. The van der Waals surface area contributed by atoms with Gasteiger partial charge in [0.05, 0.1) is 16.9 Å². The summed E-state index contributed by atoms with van der Waals surface area (Å²) in [5.74, 6) is -1.64. The molecule has 4 N–H and O–H groups in total. The number of aromatic hydroxyl groups is 1. The van der Waals surface area contributed by atoms with Gasteiger partial charge in [0.25, 0.3) is 5.91 Å². The Kier molecular flexibility index (Phi) is 3.37. The molecule has 19 heavy (non-hydrogen) atoms. The number of nitrogens with one attached hydrogen (secondary N) is 1. The van der Waals surface area contributed by atoms with Crippen molar-refractivity contribution in [3.63, 3.8) is 0 Å². The molecule has 4 nitrogen and oxygen atoms in total. The summed E-state index contributed by atoms with van der Waals surface area (Å²) in [4.78, 5) is 11.9. The van der Waals surface area contributed by atoms with Gasteiger partial charge in [0.2, 0.25) is 0 Å². The fourth-order valence-electron chi connectivity index (χ4n) is 1.66. The normalized spacial score (nSPS) is 10.2. The highest BCUT2D eigenvalue weighted by Gasteiger charge is 2.13. The Morgan fingerprint density at radius 1 is 1.26 bits per heavy atom.